The minimum atomic E-state index is -4.46. The quantitative estimate of drug-likeness (QED) is 0.711. The van der Waals surface area contributed by atoms with Gasteiger partial charge in [0, 0.05) is 18.2 Å². The summed E-state index contributed by atoms with van der Waals surface area (Å²) in [5.41, 5.74) is -0.810. The largest absolute Gasteiger partial charge is 0.416 e. The predicted octanol–water partition coefficient (Wildman–Crippen LogP) is 1.71. The van der Waals surface area contributed by atoms with Gasteiger partial charge in [-0.3, -0.25) is 9.59 Å². The molecule has 0 saturated heterocycles. The zero-order valence-electron chi connectivity index (χ0n) is 12.6. The van der Waals surface area contributed by atoms with E-state index in [9.17, 15) is 22.8 Å². The van der Waals surface area contributed by atoms with Gasteiger partial charge in [-0.25, -0.2) is 0 Å². The molecule has 0 spiro atoms. The van der Waals surface area contributed by atoms with E-state index in [1.165, 1.54) is 0 Å². The fraction of sp³-hybridized carbons (Fsp3) is 0.467. The molecule has 3 N–H and O–H groups in total. The Balaban J connectivity index is 2.52. The molecule has 128 valence electrons. The highest BCUT2D eigenvalue weighted by atomic mass is 19.4. The van der Waals surface area contributed by atoms with Crippen molar-refractivity contribution in [3.8, 4) is 0 Å². The van der Waals surface area contributed by atoms with Crippen LogP contribution in [0.25, 0.3) is 0 Å². The Morgan fingerprint density at radius 1 is 1.22 bits per heavy atom. The fourth-order valence-electron chi connectivity index (χ4n) is 1.89. The van der Waals surface area contributed by atoms with Gasteiger partial charge in [0.2, 0.25) is 5.91 Å². The number of benzene rings is 1. The Morgan fingerprint density at radius 3 is 2.30 bits per heavy atom. The number of amides is 2. The molecule has 0 fully saturated rings. The molecular formula is C15H19F3N2O3. The van der Waals surface area contributed by atoms with Crippen LogP contribution in [0.1, 0.15) is 35.7 Å². The first-order valence-corrected chi connectivity index (χ1v) is 7.13. The van der Waals surface area contributed by atoms with Crippen LogP contribution in [0.5, 0.6) is 0 Å². The number of carbonyl (C=O) groups is 2. The number of hydrogen-bond acceptors (Lipinski definition) is 3. The lowest BCUT2D eigenvalue weighted by Crippen LogP contribution is -2.42. The van der Waals surface area contributed by atoms with E-state index >= 15 is 0 Å². The van der Waals surface area contributed by atoms with Gasteiger partial charge in [-0.05, 0) is 37.1 Å². The van der Waals surface area contributed by atoms with E-state index in [1.807, 2.05) is 6.92 Å². The number of nitrogens with one attached hydrogen (secondary N) is 2. The number of halogens is 3. The van der Waals surface area contributed by atoms with Crippen molar-refractivity contribution in [3.63, 3.8) is 0 Å². The van der Waals surface area contributed by atoms with Crippen molar-refractivity contribution in [3.05, 3.63) is 35.4 Å². The summed E-state index contributed by atoms with van der Waals surface area (Å²) in [6.07, 6.45) is -3.41. The fourth-order valence-corrected chi connectivity index (χ4v) is 1.89. The van der Waals surface area contributed by atoms with E-state index in [0.717, 1.165) is 24.3 Å². The van der Waals surface area contributed by atoms with Crippen molar-refractivity contribution in [1.29, 1.82) is 0 Å². The summed E-state index contributed by atoms with van der Waals surface area (Å²) in [6, 6.07) is 3.54. The third-order valence-corrected chi connectivity index (χ3v) is 3.22. The zero-order valence-corrected chi connectivity index (χ0v) is 12.6. The second-order valence-corrected chi connectivity index (χ2v) is 4.94. The van der Waals surface area contributed by atoms with Gasteiger partial charge >= 0.3 is 6.18 Å². The maximum Gasteiger partial charge on any atom is 0.416 e. The number of aliphatic hydroxyl groups excluding tert-OH is 1. The lowest BCUT2D eigenvalue weighted by Gasteiger charge is -2.16. The van der Waals surface area contributed by atoms with E-state index in [0.29, 0.717) is 12.8 Å². The van der Waals surface area contributed by atoms with Crippen molar-refractivity contribution in [2.24, 2.45) is 0 Å². The summed E-state index contributed by atoms with van der Waals surface area (Å²) in [6.45, 7) is 1.50. The van der Waals surface area contributed by atoms with Crippen molar-refractivity contribution in [2.75, 3.05) is 13.2 Å². The van der Waals surface area contributed by atoms with E-state index in [-0.39, 0.29) is 24.8 Å². The Morgan fingerprint density at radius 2 is 1.83 bits per heavy atom. The second-order valence-electron chi connectivity index (χ2n) is 4.94. The molecule has 23 heavy (non-hydrogen) atoms. The summed E-state index contributed by atoms with van der Waals surface area (Å²) in [4.78, 5) is 23.4. The van der Waals surface area contributed by atoms with Crippen molar-refractivity contribution in [2.45, 2.75) is 32.0 Å². The van der Waals surface area contributed by atoms with E-state index in [2.05, 4.69) is 10.6 Å². The lowest BCUT2D eigenvalue weighted by atomic mass is 10.1. The Labute approximate surface area is 131 Å². The molecule has 2 amide bonds. The molecule has 8 heteroatoms. The minimum absolute atomic E-state index is 0.0354. The monoisotopic (exact) mass is 332 g/mol. The van der Waals surface area contributed by atoms with Crippen LogP contribution in [0.15, 0.2) is 24.3 Å². The van der Waals surface area contributed by atoms with Gasteiger partial charge in [0.1, 0.15) is 0 Å². The maximum absolute atomic E-state index is 12.4. The molecule has 1 atom stereocenters. The molecule has 5 nitrogen and oxygen atoms in total. The molecule has 0 aliphatic rings. The average molecular weight is 332 g/mol. The third kappa shape index (κ3) is 6.27. The molecule has 0 radical (unpaired) electrons. The third-order valence-electron chi connectivity index (χ3n) is 3.22. The Bertz CT molecular complexity index is 530. The van der Waals surface area contributed by atoms with E-state index < -0.39 is 23.6 Å². The van der Waals surface area contributed by atoms with Crippen LogP contribution < -0.4 is 10.6 Å². The van der Waals surface area contributed by atoms with Crippen molar-refractivity contribution >= 4 is 11.8 Å². The Kier molecular flexibility index (Phi) is 7.02. The Hall–Kier alpha value is -2.09. The van der Waals surface area contributed by atoms with Crippen LogP contribution in [-0.4, -0.2) is 36.1 Å². The highest BCUT2D eigenvalue weighted by molar-refractivity contribution is 5.96. The normalized spacial score (nSPS) is 12.6. The minimum Gasteiger partial charge on any atom is -0.396 e. The number of rotatable bonds is 7. The van der Waals surface area contributed by atoms with Gasteiger partial charge in [0.05, 0.1) is 12.1 Å². The standard InChI is InChI=1S/C15H19F3N2O3/c1-2-12(7-8-21)20-13(22)9-19-14(23)10-3-5-11(6-4-10)15(16,17)18/h3-6,12,21H,2,7-9H2,1H3,(H,19,23)(H,20,22). The van der Waals surface area contributed by atoms with Gasteiger partial charge in [-0.1, -0.05) is 6.92 Å². The summed E-state index contributed by atoms with van der Waals surface area (Å²) in [5.74, 6) is -1.06. The molecule has 0 aliphatic carbocycles. The molecule has 1 rings (SSSR count). The summed E-state index contributed by atoms with van der Waals surface area (Å²) < 4.78 is 37.3. The van der Waals surface area contributed by atoms with Crippen LogP contribution in [0.2, 0.25) is 0 Å². The first-order valence-electron chi connectivity index (χ1n) is 7.13. The molecule has 0 aliphatic heterocycles. The van der Waals surface area contributed by atoms with Crippen molar-refractivity contribution < 1.29 is 27.9 Å². The molecule has 0 heterocycles. The molecule has 1 unspecified atom stereocenters. The number of aliphatic hydroxyl groups is 1. The highest BCUT2D eigenvalue weighted by Gasteiger charge is 2.30. The molecule has 1 aromatic rings. The van der Waals surface area contributed by atoms with Gasteiger partial charge < -0.3 is 15.7 Å². The molecule has 0 bridgehead atoms. The van der Waals surface area contributed by atoms with Crippen molar-refractivity contribution in [1.82, 2.24) is 10.6 Å². The number of alkyl halides is 3. The SMILES string of the molecule is CCC(CCO)NC(=O)CNC(=O)c1ccc(C(F)(F)F)cc1. The van der Waals surface area contributed by atoms with E-state index in [1.54, 1.807) is 0 Å². The van der Waals surface area contributed by atoms with Crippen LogP contribution in [0.4, 0.5) is 13.2 Å². The summed E-state index contributed by atoms with van der Waals surface area (Å²) in [5, 5.41) is 13.8. The topological polar surface area (TPSA) is 78.4 Å². The van der Waals surface area contributed by atoms with Gasteiger partial charge in [-0.2, -0.15) is 13.2 Å². The average Bonchev–Trinajstić information content (AvgIpc) is 2.51. The zero-order chi connectivity index (χ0) is 17.5. The lowest BCUT2D eigenvalue weighted by molar-refractivity contribution is -0.137. The highest BCUT2D eigenvalue weighted by Crippen LogP contribution is 2.28. The molecular weight excluding hydrogens is 313 g/mol. The maximum atomic E-state index is 12.4. The molecule has 1 aromatic carbocycles. The summed E-state index contributed by atoms with van der Waals surface area (Å²) in [7, 11) is 0. The van der Waals surface area contributed by atoms with Gasteiger partial charge in [0.15, 0.2) is 0 Å². The number of carbonyl (C=O) groups excluding carboxylic acids is 2. The smallest absolute Gasteiger partial charge is 0.396 e. The summed E-state index contributed by atoms with van der Waals surface area (Å²) >= 11 is 0. The van der Waals surface area contributed by atoms with Gasteiger partial charge in [0.25, 0.3) is 5.91 Å². The van der Waals surface area contributed by atoms with Gasteiger partial charge in [-0.15, -0.1) is 0 Å². The predicted molar refractivity (Wildman–Crippen MR) is 77.7 cm³/mol. The number of hydrogen-bond donors (Lipinski definition) is 3. The first-order chi connectivity index (χ1) is 10.8. The van der Waals surface area contributed by atoms with Crippen LogP contribution in [-0.2, 0) is 11.0 Å². The molecule has 0 aromatic heterocycles. The first kappa shape index (κ1) is 19.0. The molecule has 0 saturated carbocycles. The van der Waals surface area contributed by atoms with Crippen LogP contribution in [0.3, 0.4) is 0 Å². The van der Waals surface area contributed by atoms with Crippen LogP contribution in [0, 0.1) is 0 Å². The van der Waals surface area contributed by atoms with Crippen LogP contribution >= 0.6 is 0 Å². The second kappa shape index (κ2) is 8.52. The van der Waals surface area contributed by atoms with E-state index in [4.69, 9.17) is 5.11 Å².